The van der Waals surface area contributed by atoms with Crippen molar-refractivity contribution in [2.45, 2.75) is 26.5 Å². The summed E-state index contributed by atoms with van der Waals surface area (Å²) in [7, 11) is 0. The van der Waals surface area contributed by atoms with E-state index in [9.17, 15) is 4.79 Å². The maximum Gasteiger partial charge on any atom is 0.263 e. The summed E-state index contributed by atoms with van der Waals surface area (Å²) in [5.74, 6) is 0.496. The number of hydrogen-bond acceptors (Lipinski definition) is 3. The molecule has 0 aliphatic carbocycles. The molecule has 26 heavy (non-hydrogen) atoms. The third-order valence-corrected chi connectivity index (χ3v) is 4.14. The number of carbonyl (C=O) groups excluding carboxylic acids is 1. The van der Waals surface area contributed by atoms with E-state index in [4.69, 9.17) is 21.6 Å². The third kappa shape index (κ3) is 5.11. The standard InChI is InChI=1S/C21H21ClN2O2/c1-4-11-24(14-18-7-5-17(13-23)6-8-18)21(25)16(3)26-20-10-9-19(22)12-15(20)2/h4-10,12,16H,1,11,14H2,2-3H3. The zero-order chi connectivity index (χ0) is 19.1. The molecule has 0 heterocycles. The van der Waals surface area contributed by atoms with E-state index in [0.29, 0.717) is 29.4 Å². The molecule has 1 atom stereocenters. The molecule has 2 aromatic carbocycles. The number of hydrogen-bond donors (Lipinski definition) is 0. The van der Waals surface area contributed by atoms with E-state index >= 15 is 0 Å². The largest absolute Gasteiger partial charge is 0.481 e. The molecule has 0 aliphatic heterocycles. The van der Waals surface area contributed by atoms with Crippen LogP contribution in [-0.4, -0.2) is 23.5 Å². The number of aryl methyl sites for hydroxylation is 1. The maximum atomic E-state index is 12.8. The number of rotatable bonds is 7. The van der Waals surface area contributed by atoms with Gasteiger partial charge in [0.1, 0.15) is 5.75 Å². The molecule has 5 heteroatoms. The Morgan fingerprint density at radius 3 is 2.62 bits per heavy atom. The Morgan fingerprint density at radius 2 is 2.04 bits per heavy atom. The fourth-order valence-corrected chi connectivity index (χ4v) is 2.76. The summed E-state index contributed by atoms with van der Waals surface area (Å²) in [6.07, 6.45) is 1.04. The maximum absolute atomic E-state index is 12.8. The number of carbonyl (C=O) groups is 1. The van der Waals surface area contributed by atoms with Gasteiger partial charge in [0.2, 0.25) is 0 Å². The molecule has 0 aliphatic rings. The Labute approximate surface area is 159 Å². The van der Waals surface area contributed by atoms with Crippen LogP contribution < -0.4 is 4.74 Å². The molecule has 0 saturated heterocycles. The van der Waals surface area contributed by atoms with Gasteiger partial charge in [-0.15, -0.1) is 6.58 Å². The summed E-state index contributed by atoms with van der Waals surface area (Å²) in [5.41, 5.74) is 2.40. The van der Waals surface area contributed by atoms with Crippen LogP contribution in [0, 0.1) is 18.3 Å². The molecule has 4 nitrogen and oxygen atoms in total. The third-order valence-electron chi connectivity index (χ3n) is 3.91. The molecule has 2 aromatic rings. The van der Waals surface area contributed by atoms with Gasteiger partial charge in [0.25, 0.3) is 5.91 Å². The molecule has 0 fully saturated rings. The van der Waals surface area contributed by atoms with E-state index in [0.717, 1.165) is 11.1 Å². The summed E-state index contributed by atoms with van der Waals surface area (Å²) in [6, 6.07) is 14.5. The molecule has 0 N–H and O–H groups in total. The highest BCUT2D eigenvalue weighted by Gasteiger charge is 2.22. The van der Waals surface area contributed by atoms with Crippen LogP contribution in [0.15, 0.2) is 55.1 Å². The SMILES string of the molecule is C=CCN(Cc1ccc(C#N)cc1)C(=O)C(C)Oc1ccc(Cl)cc1C. The fourth-order valence-electron chi connectivity index (χ4n) is 2.54. The Bertz CT molecular complexity index is 825. The van der Waals surface area contributed by atoms with Crippen LogP contribution in [0.4, 0.5) is 0 Å². The number of amides is 1. The van der Waals surface area contributed by atoms with Gasteiger partial charge in [-0.05, 0) is 55.3 Å². The first kappa shape index (κ1) is 19.6. The van der Waals surface area contributed by atoms with Crippen LogP contribution in [0.2, 0.25) is 5.02 Å². The highest BCUT2D eigenvalue weighted by atomic mass is 35.5. The summed E-state index contributed by atoms with van der Waals surface area (Å²) < 4.78 is 5.84. The quantitative estimate of drug-likeness (QED) is 0.676. The van der Waals surface area contributed by atoms with E-state index in [1.165, 1.54) is 0 Å². The van der Waals surface area contributed by atoms with E-state index in [2.05, 4.69) is 12.6 Å². The summed E-state index contributed by atoms with van der Waals surface area (Å²) >= 11 is 5.96. The van der Waals surface area contributed by atoms with Crippen molar-refractivity contribution >= 4 is 17.5 Å². The lowest BCUT2D eigenvalue weighted by Gasteiger charge is -2.25. The van der Waals surface area contributed by atoms with Crippen molar-refractivity contribution in [2.75, 3.05) is 6.54 Å². The number of nitrogens with zero attached hydrogens (tertiary/aromatic N) is 2. The highest BCUT2D eigenvalue weighted by molar-refractivity contribution is 6.30. The van der Waals surface area contributed by atoms with Gasteiger partial charge in [-0.2, -0.15) is 5.26 Å². The number of nitriles is 1. The van der Waals surface area contributed by atoms with E-state index in [1.54, 1.807) is 48.2 Å². The van der Waals surface area contributed by atoms with E-state index in [1.807, 2.05) is 19.1 Å². The number of halogens is 1. The second kappa shape index (κ2) is 9.07. The second-order valence-electron chi connectivity index (χ2n) is 5.99. The van der Waals surface area contributed by atoms with Gasteiger partial charge < -0.3 is 9.64 Å². The van der Waals surface area contributed by atoms with Gasteiger partial charge >= 0.3 is 0 Å². The number of ether oxygens (including phenoxy) is 1. The minimum absolute atomic E-state index is 0.136. The topological polar surface area (TPSA) is 53.3 Å². The Hall–Kier alpha value is -2.77. The molecule has 1 unspecified atom stereocenters. The zero-order valence-corrected chi connectivity index (χ0v) is 15.7. The minimum Gasteiger partial charge on any atom is -0.481 e. The molecule has 2 rings (SSSR count). The predicted molar refractivity (Wildman–Crippen MR) is 103 cm³/mol. The van der Waals surface area contributed by atoms with E-state index in [-0.39, 0.29) is 5.91 Å². The summed E-state index contributed by atoms with van der Waals surface area (Å²) in [6.45, 7) is 8.17. The van der Waals surface area contributed by atoms with Crippen LogP contribution in [-0.2, 0) is 11.3 Å². The van der Waals surface area contributed by atoms with Gasteiger partial charge in [-0.1, -0.05) is 29.8 Å². The Morgan fingerprint density at radius 1 is 1.35 bits per heavy atom. The van der Waals surface area contributed by atoms with Gasteiger partial charge in [-0.3, -0.25) is 4.79 Å². The lowest BCUT2D eigenvalue weighted by molar-refractivity contribution is -0.138. The van der Waals surface area contributed by atoms with E-state index < -0.39 is 6.10 Å². The molecule has 134 valence electrons. The first-order valence-corrected chi connectivity index (χ1v) is 8.64. The summed E-state index contributed by atoms with van der Waals surface area (Å²) in [4.78, 5) is 14.5. The van der Waals surface area contributed by atoms with Gasteiger partial charge in [0.15, 0.2) is 6.10 Å². The van der Waals surface area contributed by atoms with Crippen LogP contribution in [0.3, 0.4) is 0 Å². The van der Waals surface area contributed by atoms with Gasteiger partial charge in [0.05, 0.1) is 11.6 Å². The molecule has 0 spiro atoms. The van der Waals surface area contributed by atoms with Crippen molar-refractivity contribution < 1.29 is 9.53 Å². The summed E-state index contributed by atoms with van der Waals surface area (Å²) in [5, 5.41) is 9.51. The average Bonchev–Trinajstić information content (AvgIpc) is 2.63. The van der Waals surface area contributed by atoms with Crippen molar-refractivity contribution in [2.24, 2.45) is 0 Å². The lowest BCUT2D eigenvalue weighted by Crippen LogP contribution is -2.40. The smallest absolute Gasteiger partial charge is 0.263 e. The Balaban J connectivity index is 2.10. The first-order chi connectivity index (χ1) is 12.4. The average molecular weight is 369 g/mol. The van der Waals surface area contributed by atoms with Crippen molar-refractivity contribution in [1.82, 2.24) is 4.90 Å². The van der Waals surface area contributed by atoms with Crippen molar-refractivity contribution in [1.29, 1.82) is 5.26 Å². The minimum atomic E-state index is -0.645. The van der Waals surface area contributed by atoms with Crippen LogP contribution in [0.5, 0.6) is 5.75 Å². The highest BCUT2D eigenvalue weighted by Crippen LogP contribution is 2.23. The molecule has 0 aromatic heterocycles. The normalized spacial score (nSPS) is 11.3. The van der Waals surface area contributed by atoms with Gasteiger partial charge in [-0.25, -0.2) is 0 Å². The fraction of sp³-hybridized carbons (Fsp3) is 0.238. The van der Waals surface area contributed by atoms with Gasteiger partial charge in [0, 0.05) is 18.1 Å². The molecule has 1 amide bonds. The van der Waals surface area contributed by atoms with Crippen LogP contribution in [0.25, 0.3) is 0 Å². The number of benzene rings is 2. The Kier molecular flexibility index (Phi) is 6.82. The van der Waals surface area contributed by atoms with Crippen LogP contribution >= 0.6 is 11.6 Å². The molecule has 0 saturated carbocycles. The predicted octanol–water partition coefficient (Wildman–Crippen LogP) is 4.50. The zero-order valence-electron chi connectivity index (χ0n) is 14.9. The van der Waals surface area contributed by atoms with Crippen molar-refractivity contribution in [3.8, 4) is 11.8 Å². The van der Waals surface area contributed by atoms with Crippen LogP contribution in [0.1, 0.15) is 23.6 Å². The lowest BCUT2D eigenvalue weighted by atomic mass is 10.1. The molecule has 0 radical (unpaired) electrons. The van der Waals surface area contributed by atoms with Crippen molar-refractivity contribution in [3.05, 3.63) is 76.8 Å². The molecular weight excluding hydrogens is 348 g/mol. The van der Waals surface area contributed by atoms with Crippen molar-refractivity contribution in [3.63, 3.8) is 0 Å². The molecular formula is C21H21ClN2O2. The second-order valence-corrected chi connectivity index (χ2v) is 6.42. The monoisotopic (exact) mass is 368 g/mol. The first-order valence-electron chi connectivity index (χ1n) is 8.26. The molecule has 0 bridgehead atoms.